The fourth-order valence-corrected chi connectivity index (χ4v) is 1.88. The molecule has 0 bridgehead atoms. The van der Waals surface area contributed by atoms with Crippen molar-refractivity contribution in [3.63, 3.8) is 0 Å². The average molecular weight is 268 g/mol. The van der Waals surface area contributed by atoms with Gasteiger partial charge in [0.1, 0.15) is 5.82 Å². The van der Waals surface area contributed by atoms with Crippen LogP contribution in [-0.4, -0.2) is 20.3 Å². The number of carbonyl (C=O) groups excluding carboxylic acids is 1. The van der Waals surface area contributed by atoms with Crippen molar-refractivity contribution in [3.8, 4) is 5.88 Å². The molecular weight excluding hydrogens is 256 g/mol. The lowest BCUT2D eigenvalue weighted by Gasteiger charge is -2.04. The molecule has 0 unspecified atom stereocenters. The van der Waals surface area contributed by atoms with Crippen LogP contribution in [0.15, 0.2) is 42.7 Å². The normalized spacial score (nSPS) is 10.7. The first kappa shape index (κ1) is 12.2. The standard InChI is InChI=1S/C14H12N4O2/c1-9-11(15)18-8-7-16-13(12(18)17-9)20-14(19)10-5-3-2-4-6-10/h2-8H,15H2,1H3. The Morgan fingerprint density at radius 3 is 2.80 bits per heavy atom. The molecule has 0 aliphatic heterocycles. The van der Waals surface area contributed by atoms with Gasteiger partial charge in [0.25, 0.3) is 5.88 Å². The van der Waals surface area contributed by atoms with Crippen LogP contribution >= 0.6 is 0 Å². The number of benzene rings is 1. The molecule has 3 rings (SSSR count). The van der Waals surface area contributed by atoms with Crippen LogP contribution in [-0.2, 0) is 0 Å². The van der Waals surface area contributed by atoms with Gasteiger partial charge in [-0.25, -0.2) is 14.8 Å². The van der Waals surface area contributed by atoms with Crippen molar-refractivity contribution >= 4 is 17.4 Å². The zero-order chi connectivity index (χ0) is 14.1. The van der Waals surface area contributed by atoms with Gasteiger partial charge in [-0.3, -0.25) is 4.40 Å². The van der Waals surface area contributed by atoms with Gasteiger partial charge in [0, 0.05) is 12.4 Å². The Hall–Kier alpha value is -2.89. The number of nitrogen functional groups attached to an aromatic ring is 1. The van der Waals surface area contributed by atoms with E-state index in [4.69, 9.17) is 10.5 Å². The summed E-state index contributed by atoms with van der Waals surface area (Å²) >= 11 is 0. The molecule has 0 saturated carbocycles. The first-order chi connectivity index (χ1) is 9.66. The number of aromatic nitrogens is 3. The molecule has 0 spiro atoms. The van der Waals surface area contributed by atoms with E-state index in [9.17, 15) is 4.79 Å². The second-order valence-corrected chi connectivity index (χ2v) is 4.26. The van der Waals surface area contributed by atoms with Gasteiger partial charge in [0.15, 0.2) is 0 Å². The maximum absolute atomic E-state index is 12.0. The number of nitrogens with two attached hydrogens (primary N) is 1. The lowest BCUT2D eigenvalue weighted by atomic mass is 10.2. The van der Waals surface area contributed by atoms with E-state index in [0.717, 1.165) is 0 Å². The van der Waals surface area contributed by atoms with Gasteiger partial charge >= 0.3 is 5.97 Å². The molecule has 0 amide bonds. The molecule has 3 aromatic rings. The zero-order valence-corrected chi connectivity index (χ0v) is 10.8. The maximum atomic E-state index is 12.0. The maximum Gasteiger partial charge on any atom is 0.344 e. The summed E-state index contributed by atoms with van der Waals surface area (Å²) in [4.78, 5) is 20.3. The largest absolute Gasteiger partial charge is 0.400 e. The fraction of sp³-hybridized carbons (Fsp3) is 0.0714. The Morgan fingerprint density at radius 2 is 2.05 bits per heavy atom. The van der Waals surface area contributed by atoms with Crippen LogP contribution in [0, 0.1) is 6.92 Å². The summed E-state index contributed by atoms with van der Waals surface area (Å²) < 4.78 is 6.93. The van der Waals surface area contributed by atoms with Crippen molar-refractivity contribution in [2.45, 2.75) is 6.92 Å². The number of fused-ring (bicyclic) bond motifs is 1. The van der Waals surface area contributed by atoms with E-state index in [1.807, 2.05) is 6.07 Å². The zero-order valence-electron chi connectivity index (χ0n) is 10.8. The fourth-order valence-electron chi connectivity index (χ4n) is 1.88. The highest BCUT2D eigenvalue weighted by Gasteiger charge is 2.15. The molecule has 2 N–H and O–H groups in total. The molecule has 0 atom stereocenters. The van der Waals surface area contributed by atoms with Gasteiger partial charge in [-0.2, -0.15) is 0 Å². The van der Waals surface area contributed by atoms with Crippen LogP contribution in [0.1, 0.15) is 16.1 Å². The summed E-state index contributed by atoms with van der Waals surface area (Å²) in [5.41, 5.74) is 7.42. The summed E-state index contributed by atoms with van der Waals surface area (Å²) in [6, 6.07) is 8.71. The highest BCUT2D eigenvalue weighted by Crippen LogP contribution is 2.21. The van der Waals surface area contributed by atoms with E-state index in [1.54, 1.807) is 41.8 Å². The van der Waals surface area contributed by atoms with Crippen LogP contribution in [0.2, 0.25) is 0 Å². The number of anilines is 1. The number of hydrogen-bond donors (Lipinski definition) is 1. The number of rotatable bonds is 2. The van der Waals surface area contributed by atoms with E-state index in [-0.39, 0.29) is 5.88 Å². The lowest BCUT2D eigenvalue weighted by molar-refractivity contribution is 0.0729. The predicted octanol–water partition coefficient (Wildman–Crippen LogP) is 1.84. The molecule has 0 radical (unpaired) electrons. The van der Waals surface area contributed by atoms with Gasteiger partial charge in [-0.1, -0.05) is 18.2 Å². The van der Waals surface area contributed by atoms with E-state index in [0.29, 0.717) is 22.7 Å². The Balaban J connectivity index is 1.99. The molecular formula is C14H12N4O2. The third kappa shape index (κ3) is 1.97. The van der Waals surface area contributed by atoms with Crippen molar-refractivity contribution in [2.75, 3.05) is 5.73 Å². The van der Waals surface area contributed by atoms with Crippen LogP contribution in [0.3, 0.4) is 0 Å². The first-order valence-electron chi connectivity index (χ1n) is 6.03. The second-order valence-electron chi connectivity index (χ2n) is 4.26. The Labute approximate surface area is 114 Å². The number of esters is 1. The number of carbonyl (C=O) groups is 1. The number of hydrogen-bond acceptors (Lipinski definition) is 5. The Bertz CT molecular complexity index is 780. The van der Waals surface area contributed by atoms with E-state index < -0.39 is 5.97 Å². The molecule has 0 saturated heterocycles. The monoisotopic (exact) mass is 268 g/mol. The van der Waals surface area contributed by atoms with Crippen molar-refractivity contribution in [3.05, 3.63) is 54.0 Å². The van der Waals surface area contributed by atoms with E-state index in [1.165, 1.54) is 6.20 Å². The first-order valence-corrected chi connectivity index (χ1v) is 6.03. The van der Waals surface area contributed by atoms with Crippen molar-refractivity contribution < 1.29 is 9.53 Å². The van der Waals surface area contributed by atoms with E-state index in [2.05, 4.69) is 9.97 Å². The second kappa shape index (κ2) is 4.65. The molecule has 6 nitrogen and oxygen atoms in total. The molecule has 100 valence electrons. The van der Waals surface area contributed by atoms with Gasteiger partial charge in [0.2, 0.25) is 5.65 Å². The predicted molar refractivity (Wildman–Crippen MR) is 73.5 cm³/mol. The highest BCUT2D eigenvalue weighted by atomic mass is 16.5. The third-order valence-corrected chi connectivity index (χ3v) is 2.93. The van der Waals surface area contributed by atoms with Crippen LogP contribution in [0.25, 0.3) is 5.65 Å². The third-order valence-electron chi connectivity index (χ3n) is 2.93. The number of ether oxygens (including phenoxy) is 1. The Kier molecular flexibility index (Phi) is 2.83. The summed E-state index contributed by atoms with van der Waals surface area (Å²) in [7, 11) is 0. The average Bonchev–Trinajstić information content (AvgIpc) is 2.77. The van der Waals surface area contributed by atoms with Crippen molar-refractivity contribution in [1.82, 2.24) is 14.4 Å². The van der Waals surface area contributed by atoms with Crippen molar-refractivity contribution in [1.29, 1.82) is 0 Å². The minimum absolute atomic E-state index is 0.140. The van der Waals surface area contributed by atoms with E-state index >= 15 is 0 Å². The molecule has 0 fully saturated rings. The Morgan fingerprint density at radius 1 is 1.30 bits per heavy atom. The molecule has 6 heteroatoms. The van der Waals surface area contributed by atoms with Gasteiger partial charge in [0.05, 0.1) is 11.3 Å². The summed E-state index contributed by atoms with van der Waals surface area (Å²) in [6.45, 7) is 1.78. The topological polar surface area (TPSA) is 82.5 Å². The van der Waals surface area contributed by atoms with Crippen LogP contribution < -0.4 is 10.5 Å². The highest BCUT2D eigenvalue weighted by molar-refractivity contribution is 5.91. The number of nitrogens with zero attached hydrogens (tertiary/aromatic N) is 3. The number of imidazole rings is 1. The van der Waals surface area contributed by atoms with Crippen molar-refractivity contribution in [2.24, 2.45) is 0 Å². The molecule has 2 heterocycles. The molecule has 1 aromatic carbocycles. The summed E-state index contributed by atoms with van der Waals surface area (Å²) in [5.74, 6) is 0.158. The number of aryl methyl sites for hydroxylation is 1. The quantitative estimate of drug-likeness (QED) is 0.717. The minimum atomic E-state index is -0.481. The molecule has 0 aliphatic rings. The van der Waals surface area contributed by atoms with Gasteiger partial charge in [-0.15, -0.1) is 0 Å². The SMILES string of the molecule is Cc1nc2c(OC(=O)c3ccccc3)nccn2c1N. The summed E-state index contributed by atoms with van der Waals surface area (Å²) in [6.07, 6.45) is 3.18. The van der Waals surface area contributed by atoms with Crippen LogP contribution in [0.5, 0.6) is 5.88 Å². The molecule has 2 aromatic heterocycles. The lowest BCUT2D eigenvalue weighted by Crippen LogP contribution is -2.10. The molecule has 20 heavy (non-hydrogen) atoms. The summed E-state index contributed by atoms with van der Waals surface area (Å²) in [5, 5.41) is 0. The van der Waals surface area contributed by atoms with Crippen LogP contribution in [0.4, 0.5) is 5.82 Å². The minimum Gasteiger partial charge on any atom is -0.400 e. The smallest absolute Gasteiger partial charge is 0.344 e. The molecule has 0 aliphatic carbocycles. The van der Waals surface area contributed by atoms with Gasteiger partial charge < -0.3 is 10.5 Å². The van der Waals surface area contributed by atoms with Gasteiger partial charge in [-0.05, 0) is 19.1 Å².